The lowest BCUT2D eigenvalue weighted by Gasteiger charge is -2.14. The molecule has 1 atom stereocenters. The molecule has 0 radical (unpaired) electrons. The van der Waals surface area contributed by atoms with Crippen LogP contribution in [0.25, 0.3) is 0 Å². The van der Waals surface area contributed by atoms with E-state index in [0.29, 0.717) is 6.42 Å². The highest BCUT2D eigenvalue weighted by Crippen LogP contribution is 2.37. The second-order valence-electron chi connectivity index (χ2n) is 3.86. The van der Waals surface area contributed by atoms with E-state index in [9.17, 15) is 9.59 Å². The summed E-state index contributed by atoms with van der Waals surface area (Å²) in [7, 11) is 1.32. The number of carbonyl (C=O) groups excluding carboxylic acids is 2. The molecule has 0 heterocycles. The van der Waals surface area contributed by atoms with Crippen molar-refractivity contribution in [2.45, 2.75) is 26.7 Å². The maximum atomic E-state index is 11.5. The number of esters is 1. The van der Waals surface area contributed by atoms with Gasteiger partial charge >= 0.3 is 5.97 Å². The Morgan fingerprint density at radius 2 is 2.17 bits per heavy atom. The van der Waals surface area contributed by atoms with Crippen molar-refractivity contribution in [3.8, 4) is 0 Å². The average Bonchev–Trinajstić information content (AvgIpc) is 2.27. The van der Waals surface area contributed by atoms with Crippen LogP contribution >= 0.6 is 0 Å². The fourth-order valence-corrected chi connectivity index (χ4v) is 1.60. The molecule has 1 rings (SSSR count). The van der Waals surface area contributed by atoms with Gasteiger partial charge in [0.2, 0.25) is 0 Å². The first kappa shape index (κ1) is 9.23. The van der Waals surface area contributed by atoms with Gasteiger partial charge in [0.25, 0.3) is 0 Å². The third kappa shape index (κ3) is 1.36. The average molecular weight is 170 g/mol. The second kappa shape index (κ2) is 2.88. The van der Waals surface area contributed by atoms with E-state index < -0.39 is 5.92 Å². The summed E-state index contributed by atoms with van der Waals surface area (Å²) in [5, 5.41) is 0. The number of hydrogen-bond acceptors (Lipinski definition) is 3. The van der Waals surface area contributed by atoms with Gasteiger partial charge in [-0.2, -0.15) is 0 Å². The Balaban J connectivity index is 2.74. The van der Waals surface area contributed by atoms with Crippen LogP contribution in [0.15, 0.2) is 0 Å². The van der Waals surface area contributed by atoms with Gasteiger partial charge < -0.3 is 4.74 Å². The summed E-state index contributed by atoms with van der Waals surface area (Å²) < 4.78 is 4.54. The summed E-state index contributed by atoms with van der Waals surface area (Å²) in [6.07, 6.45) is 1.42. The fraction of sp³-hybridized carbons (Fsp3) is 0.778. The lowest BCUT2D eigenvalue weighted by atomic mass is 9.89. The van der Waals surface area contributed by atoms with Crippen molar-refractivity contribution < 1.29 is 14.3 Å². The predicted octanol–water partition coefficient (Wildman–Crippen LogP) is 1.16. The van der Waals surface area contributed by atoms with Crippen molar-refractivity contribution in [2.75, 3.05) is 7.11 Å². The Morgan fingerprint density at radius 3 is 2.50 bits per heavy atom. The molecule has 0 spiro atoms. The molecule has 1 saturated carbocycles. The normalized spacial score (nSPS) is 27.2. The van der Waals surface area contributed by atoms with Crippen molar-refractivity contribution in [1.82, 2.24) is 0 Å². The summed E-state index contributed by atoms with van der Waals surface area (Å²) in [4.78, 5) is 22.6. The van der Waals surface area contributed by atoms with E-state index >= 15 is 0 Å². The SMILES string of the molecule is COC(=O)C1CCC(C)(C)C1=O. The Kier molecular flexibility index (Phi) is 2.22. The topological polar surface area (TPSA) is 43.4 Å². The van der Waals surface area contributed by atoms with Gasteiger partial charge in [-0.15, -0.1) is 0 Å². The van der Waals surface area contributed by atoms with Crippen LogP contribution in [-0.2, 0) is 14.3 Å². The van der Waals surface area contributed by atoms with Gasteiger partial charge in [0.1, 0.15) is 5.92 Å². The maximum Gasteiger partial charge on any atom is 0.316 e. The van der Waals surface area contributed by atoms with E-state index in [1.807, 2.05) is 13.8 Å². The van der Waals surface area contributed by atoms with Crippen molar-refractivity contribution >= 4 is 11.8 Å². The van der Waals surface area contributed by atoms with Crippen LogP contribution in [0.2, 0.25) is 0 Å². The van der Waals surface area contributed by atoms with Crippen molar-refractivity contribution in [3.05, 3.63) is 0 Å². The summed E-state index contributed by atoms with van der Waals surface area (Å²) >= 11 is 0. The molecule has 1 aliphatic rings. The van der Waals surface area contributed by atoms with Crippen molar-refractivity contribution in [1.29, 1.82) is 0 Å². The molecular weight excluding hydrogens is 156 g/mol. The minimum atomic E-state index is -0.509. The van der Waals surface area contributed by atoms with Gasteiger partial charge in [-0.3, -0.25) is 9.59 Å². The highest BCUT2D eigenvalue weighted by Gasteiger charge is 2.44. The third-order valence-corrected chi connectivity index (χ3v) is 2.53. The quantitative estimate of drug-likeness (QED) is 0.438. The molecule has 3 heteroatoms. The molecule has 68 valence electrons. The molecule has 0 N–H and O–H groups in total. The van der Waals surface area contributed by atoms with Crippen LogP contribution in [-0.4, -0.2) is 18.9 Å². The van der Waals surface area contributed by atoms with Crippen molar-refractivity contribution in [2.24, 2.45) is 11.3 Å². The summed E-state index contributed by atoms with van der Waals surface area (Å²) in [6, 6.07) is 0. The molecule has 1 fully saturated rings. The zero-order valence-corrected chi connectivity index (χ0v) is 7.72. The van der Waals surface area contributed by atoms with Gasteiger partial charge in [-0.1, -0.05) is 13.8 Å². The van der Waals surface area contributed by atoms with Crippen LogP contribution in [0.3, 0.4) is 0 Å². The first-order valence-electron chi connectivity index (χ1n) is 4.11. The van der Waals surface area contributed by atoms with Gasteiger partial charge in [0.15, 0.2) is 5.78 Å². The zero-order chi connectivity index (χ0) is 9.35. The number of carbonyl (C=O) groups is 2. The molecule has 3 nitrogen and oxygen atoms in total. The van der Waals surface area contributed by atoms with Gasteiger partial charge in [0.05, 0.1) is 7.11 Å². The van der Waals surface area contributed by atoms with E-state index in [0.717, 1.165) is 6.42 Å². The maximum absolute atomic E-state index is 11.5. The standard InChI is InChI=1S/C9H14O3/c1-9(2)5-4-6(7(9)10)8(11)12-3/h6H,4-5H2,1-3H3. The number of ketones is 1. The monoisotopic (exact) mass is 170 g/mol. The number of rotatable bonds is 1. The number of Topliss-reactive ketones (excluding diaryl/α,β-unsaturated/α-hetero) is 1. The predicted molar refractivity (Wildman–Crippen MR) is 43.5 cm³/mol. The van der Waals surface area contributed by atoms with E-state index in [1.54, 1.807) is 0 Å². The van der Waals surface area contributed by atoms with Crippen LogP contribution in [0.4, 0.5) is 0 Å². The van der Waals surface area contributed by atoms with Crippen molar-refractivity contribution in [3.63, 3.8) is 0 Å². The third-order valence-electron chi connectivity index (χ3n) is 2.53. The van der Waals surface area contributed by atoms with Gasteiger partial charge in [0, 0.05) is 5.41 Å². The number of methoxy groups -OCH3 is 1. The smallest absolute Gasteiger partial charge is 0.316 e. The minimum absolute atomic E-state index is 0.0225. The summed E-state index contributed by atoms with van der Waals surface area (Å²) in [6.45, 7) is 3.75. The van der Waals surface area contributed by atoms with Crippen LogP contribution < -0.4 is 0 Å². The van der Waals surface area contributed by atoms with Crippen LogP contribution in [0.5, 0.6) is 0 Å². The molecule has 0 bridgehead atoms. The Hall–Kier alpha value is -0.860. The molecular formula is C9H14O3. The number of hydrogen-bond donors (Lipinski definition) is 0. The minimum Gasteiger partial charge on any atom is -0.468 e. The summed E-state index contributed by atoms with van der Waals surface area (Å²) in [5.41, 5.74) is -0.334. The highest BCUT2D eigenvalue weighted by atomic mass is 16.5. The van der Waals surface area contributed by atoms with Gasteiger partial charge in [-0.25, -0.2) is 0 Å². The number of ether oxygens (including phenoxy) is 1. The van der Waals surface area contributed by atoms with Crippen LogP contribution in [0, 0.1) is 11.3 Å². The molecule has 0 saturated heterocycles. The Labute approximate surface area is 72.1 Å². The molecule has 0 aromatic rings. The molecule has 12 heavy (non-hydrogen) atoms. The van der Waals surface area contributed by atoms with Gasteiger partial charge in [-0.05, 0) is 12.8 Å². The molecule has 0 aliphatic heterocycles. The molecule has 0 aromatic heterocycles. The first-order chi connectivity index (χ1) is 5.49. The lowest BCUT2D eigenvalue weighted by Crippen LogP contribution is -2.27. The molecule has 0 amide bonds. The van der Waals surface area contributed by atoms with E-state index in [2.05, 4.69) is 4.74 Å². The fourth-order valence-electron chi connectivity index (χ4n) is 1.60. The Morgan fingerprint density at radius 1 is 1.58 bits per heavy atom. The lowest BCUT2D eigenvalue weighted by molar-refractivity contribution is -0.149. The van der Waals surface area contributed by atoms with Crippen LogP contribution in [0.1, 0.15) is 26.7 Å². The zero-order valence-electron chi connectivity index (χ0n) is 7.72. The second-order valence-corrected chi connectivity index (χ2v) is 3.86. The van der Waals surface area contributed by atoms with E-state index in [1.165, 1.54) is 7.11 Å². The molecule has 0 aromatic carbocycles. The molecule has 1 unspecified atom stereocenters. The largest absolute Gasteiger partial charge is 0.468 e. The highest BCUT2D eigenvalue weighted by molar-refractivity contribution is 6.03. The first-order valence-corrected chi connectivity index (χ1v) is 4.11. The van der Waals surface area contributed by atoms with E-state index in [4.69, 9.17) is 0 Å². The molecule has 1 aliphatic carbocycles. The Bertz CT molecular complexity index is 218. The summed E-state index contributed by atoms with van der Waals surface area (Å²) in [5.74, 6) is -0.870. The van der Waals surface area contributed by atoms with E-state index in [-0.39, 0.29) is 17.2 Å².